The van der Waals surface area contributed by atoms with E-state index in [4.69, 9.17) is 15.2 Å². The lowest BCUT2D eigenvalue weighted by Crippen LogP contribution is -2.34. The molecule has 1 fully saturated rings. The number of ether oxygens (including phenoxy) is 2. The Labute approximate surface area is 183 Å². The third kappa shape index (κ3) is 6.21. The van der Waals surface area contributed by atoms with Crippen LogP contribution >= 0.6 is 0 Å². The first-order chi connectivity index (χ1) is 15.0. The van der Waals surface area contributed by atoms with E-state index in [0.29, 0.717) is 47.7 Å². The van der Waals surface area contributed by atoms with Crippen LogP contribution in [-0.4, -0.2) is 38.6 Å². The van der Waals surface area contributed by atoms with E-state index in [9.17, 15) is 9.59 Å². The molecule has 1 saturated carbocycles. The lowest BCUT2D eigenvalue weighted by atomic mass is 9.86. The first kappa shape index (κ1) is 22.6. The molecule has 166 valence electrons. The third-order valence-corrected chi connectivity index (χ3v) is 5.73. The smallest absolute Gasteiger partial charge is 0.251 e. The fraction of sp³-hybridized carbons (Fsp3) is 0.417. The second-order valence-electron chi connectivity index (χ2n) is 7.94. The molecule has 0 heterocycles. The molecule has 0 radical (unpaired) electrons. The molecule has 0 unspecified atom stereocenters. The maximum atomic E-state index is 12.5. The van der Waals surface area contributed by atoms with Crippen molar-refractivity contribution >= 4 is 11.8 Å². The zero-order valence-corrected chi connectivity index (χ0v) is 18.1. The fourth-order valence-electron chi connectivity index (χ4n) is 3.82. The molecule has 0 aromatic heterocycles. The highest BCUT2D eigenvalue weighted by molar-refractivity contribution is 5.95. The van der Waals surface area contributed by atoms with Gasteiger partial charge in [0, 0.05) is 30.3 Å². The highest BCUT2D eigenvalue weighted by atomic mass is 16.5. The van der Waals surface area contributed by atoms with Crippen LogP contribution in [0.3, 0.4) is 0 Å². The van der Waals surface area contributed by atoms with E-state index < -0.39 is 0 Å². The van der Waals surface area contributed by atoms with Gasteiger partial charge in [0.1, 0.15) is 0 Å². The summed E-state index contributed by atoms with van der Waals surface area (Å²) in [7, 11) is 3.07. The van der Waals surface area contributed by atoms with Crippen LogP contribution in [0.25, 0.3) is 0 Å². The van der Waals surface area contributed by atoms with Crippen molar-refractivity contribution in [2.24, 2.45) is 11.7 Å². The van der Waals surface area contributed by atoms with Gasteiger partial charge in [-0.25, -0.2) is 0 Å². The summed E-state index contributed by atoms with van der Waals surface area (Å²) < 4.78 is 10.4. The monoisotopic (exact) mass is 425 g/mol. The number of amides is 2. The minimum Gasteiger partial charge on any atom is -0.493 e. The summed E-state index contributed by atoms with van der Waals surface area (Å²) in [6.07, 6.45) is 4.17. The van der Waals surface area contributed by atoms with E-state index in [0.717, 1.165) is 31.2 Å². The number of rotatable bonds is 8. The molecule has 2 aromatic carbocycles. The molecular formula is C24H31N3O4. The summed E-state index contributed by atoms with van der Waals surface area (Å²) in [6, 6.07) is 12.6. The van der Waals surface area contributed by atoms with Crippen molar-refractivity contribution in [2.45, 2.75) is 38.3 Å². The van der Waals surface area contributed by atoms with Gasteiger partial charge in [0.15, 0.2) is 11.5 Å². The molecule has 2 aromatic rings. The number of nitrogens with two attached hydrogens (primary N) is 1. The second-order valence-corrected chi connectivity index (χ2v) is 7.94. The molecule has 0 atom stereocenters. The van der Waals surface area contributed by atoms with Gasteiger partial charge in [-0.15, -0.1) is 0 Å². The van der Waals surface area contributed by atoms with Crippen molar-refractivity contribution in [3.8, 4) is 11.5 Å². The minimum absolute atomic E-state index is 0.0945. The molecule has 1 aliphatic carbocycles. The van der Waals surface area contributed by atoms with Gasteiger partial charge in [0.05, 0.1) is 14.2 Å². The Hall–Kier alpha value is -3.06. The summed E-state index contributed by atoms with van der Waals surface area (Å²) >= 11 is 0. The SMILES string of the molecule is COc1ccc(C(=O)NCc2cccc(C(=O)NCC3CCC(N)CC3)c2)cc1OC. The van der Waals surface area contributed by atoms with E-state index in [1.807, 2.05) is 12.1 Å². The topological polar surface area (TPSA) is 103 Å². The minimum atomic E-state index is -0.230. The van der Waals surface area contributed by atoms with Gasteiger partial charge in [0.25, 0.3) is 11.8 Å². The number of methoxy groups -OCH3 is 2. The van der Waals surface area contributed by atoms with Crippen LogP contribution in [0.2, 0.25) is 0 Å². The zero-order valence-electron chi connectivity index (χ0n) is 18.1. The Bertz CT molecular complexity index is 907. The van der Waals surface area contributed by atoms with Gasteiger partial charge in [-0.3, -0.25) is 9.59 Å². The highest BCUT2D eigenvalue weighted by Crippen LogP contribution is 2.27. The highest BCUT2D eigenvalue weighted by Gasteiger charge is 2.19. The van der Waals surface area contributed by atoms with Crippen LogP contribution < -0.4 is 25.8 Å². The molecule has 7 nitrogen and oxygen atoms in total. The summed E-state index contributed by atoms with van der Waals surface area (Å²) in [5, 5.41) is 5.91. The summed E-state index contributed by atoms with van der Waals surface area (Å²) in [6.45, 7) is 0.987. The average molecular weight is 426 g/mol. The van der Waals surface area contributed by atoms with Crippen LogP contribution in [0.5, 0.6) is 11.5 Å². The van der Waals surface area contributed by atoms with Crippen LogP contribution in [0.15, 0.2) is 42.5 Å². The van der Waals surface area contributed by atoms with Gasteiger partial charge in [0.2, 0.25) is 0 Å². The molecule has 2 amide bonds. The maximum Gasteiger partial charge on any atom is 0.251 e. The lowest BCUT2D eigenvalue weighted by Gasteiger charge is -2.26. The number of nitrogens with one attached hydrogen (secondary N) is 2. The predicted molar refractivity (Wildman–Crippen MR) is 119 cm³/mol. The standard InChI is InChI=1S/C24H31N3O4/c1-30-21-11-8-19(13-22(21)31-2)24(29)27-15-17-4-3-5-18(12-17)23(28)26-14-16-6-9-20(25)10-7-16/h3-5,8,11-13,16,20H,6-7,9-10,14-15,25H2,1-2H3,(H,26,28)(H,27,29). The first-order valence-electron chi connectivity index (χ1n) is 10.6. The van der Waals surface area contributed by atoms with Crippen LogP contribution in [0, 0.1) is 5.92 Å². The largest absolute Gasteiger partial charge is 0.493 e. The number of carbonyl (C=O) groups is 2. The van der Waals surface area contributed by atoms with Crippen molar-refractivity contribution in [3.63, 3.8) is 0 Å². The molecule has 0 saturated heterocycles. The molecule has 0 aliphatic heterocycles. The van der Waals surface area contributed by atoms with E-state index in [1.54, 1.807) is 37.4 Å². The van der Waals surface area contributed by atoms with Gasteiger partial charge in [-0.1, -0.05) is 12.1 Å². The summed E-state index contributed by atoms with van der Waals surface area (Å²) in [4.78, 5) is 25.1. The Morgan fingerprint density at radius 1 is 0.903 bits per heavy atom. The summed E-state index contributed by atoms with van der Waals surface area (Å²) in [5.74, 6) is 1.23. The van der Waals surface area contributed by atoms with Gasteiger partial charge in [-0.2, -0.15) is 0 Å². The quantitative estimate of drug-likeness (QED) is 0.604. The van der Waals surface area contributed by atoms with Crippen molar-refractivity contribution in [1.82, 2.24) is 10.6 Å². The first-order valence-corrected chi connectivity index (χ1v) is 10.6. The van der Waals surface area contributed by atoms with E-state index >= 15 is 0 Å². The van der Waals surface area contributed by atoms with Crippen LogP contribution in [0.1, 0.15) is 52.0 Å². The predicted octanol–water partition coefficient (Wildman–Crippen LogP) is 2.88. The van der Waals surface area contributed by atoms with E-state index in [2.05, 4.69) is 10.6 Å². The Morgan fingerprint density at radius 3 is 2.29 bits per heavy atom. The van der Waals surface area contributed by atoms with Gasteiger partial charge >= 0.3 is 0 Å². The molecule has 31 heavy (non-hydrogen) atoms. The van der Waals surface area contributed by atoms with Gasteiger partial charge < -0.3 is 25.8 Å². The normalized spacial score (nSPS) is 18.2. The zero-order chi connectivity index (χ0) is 22.2. The second kappa shape index (κ2) is 10.8. The van der Waals surface area contributed by atoms with Crippen molar-refractivity contribution in [3.05, 3.63) is 59.2 Å². The third-order valence-electron chi connectivity index (χ3n) is 5.73. The van der Waals surface area contributed by atoms with E-state index in [1.165, 1.54) is 7.11 Å². The Kier molecular flexibility index (Phi) is 7.89. The molecule has 1 aliphatic rings. The molecule has 4 N–H and O–H groups in total. The Balaban J connectivity index is 1.54. The average Bonchev–Trinajstić information content (AvgIpc) is 2.81. The van der Waals surface area contributed by atoms with E-state index in [-0.39, 0.29) is 11.8 Å². The lowest BCUT2D eigenvalue weighted by molar-refractivity contribution is 0.0940. The Morgan fingerprint density at radius 2 is 1.58 bits per heavy atom. The fourth-order valence-corrected chi connectivity index (χ4v) is 3.82. The number of hydrogen-bond donors (Lipinski definition) is 3. The van der Waals surface area contributed by atoms with Gasteiger partial charge in [-0.05, 0) is 67.5 Å². The summed E-state index contributed by atoms with van der Waals surface area (Å²) in [5.41, 5.74) is 7.86. The van der Waals surface area contributed by atoms with Crippen LogP contribution in [-0.2, 0) is 6.54 Å². The molecule has 7 heteroatoms. The van der Waals surface area contributed by atoms with Crippen molar-refractivity contribution in [2.75, 3.05) is 20.8 Å². The number of hydrogen-bond acceptors (Lipinski definition) is 5. The molecule has 3 rings (SSSR count). The molecular weight excluding hydrogens is 394 g/mol. The van der Waals surface area contributed by atoms with Crippen molar-refractivity contribution in [1.29, 1.82) is 0 Å². The molecule has 0 spiro atoms. The molecule has 0 bridgehead atoms. The van der Waals surface area contributed by atoms with Crippen molar-refractivity contribution < 1.29 is 19.1 Å². The number of benzene rings is 2. The maximum absolute atomic E-state index is 12.5. The number of carbonyl (C=O) groups excluding carboxylic acids is 2. The van der Waals surface area contributed by atoms with Crippen LogP contribution in [0.4, 0.5) is 0 Å².